The Morgan fingerprint density at radius 3 is 1.02 bits per heavy atom. The fourth-order valence-electron chi connectivity index (χ4n) is 8.37. The third-order valence-corrected chi connectivity index (χ3v) is 11.0. The summed E-state index contributed by atoms with van der Waals surface area (Å²) in [5.74, 6) is 0. The van der Waals surface area contributed by atoms with Gasteiger partial charge in [-0.25, -0.2) is 4.70 Å². The second-order valence-electron chi connectivity index (χ2n) is 15.3. The van der Waals surface area contributed by atoms with Gasteiger partial charge in [0, 0.05) is 22.3 Å². The van der Waals surface area contributed by atoms with Gasteiger partial charge in [0.05, 0.1) is 0 Å². The van der Waals surface area contributed by atoms with Crippen molar-refractivity contribution in [2.45, 2.75) is 223 Å². The molecule has 0 spiro atoms. The smallest absolute Gasteiger partial charge is 0.493 e. The van der Waals surface area contributed by atoms with Gasteiger partial charge in [-0.2, -0.15) is 13.8 Å². The SMILES string of the molecule is CCCCCc1cc(C2=C(CCCC)C(CCCC)=C(c3cc(CCC)c(CCC)c(CCC)c3)[N+]2=[N-])cc(CCCCC)c1CCCCC.[CH2-]C.[CH2-]C.[Pd+2]. The van der Waals surface area contributed by atoms with Gasteiger partial charge in [0.2, 0.25) is 11.4 Å². The molecule has 0 saturated carbocycles. The number of rotatable bonds is 26. The van der Waals surface area contributed by atoms with E-state index in [1.807, 2.05) is 0 Å². The Bertz CT molecular complexity index is 1350. The molecular weight excluding hydrogens is 759 g/mol. The minimum absolute atomic E-state index is 0. The van der Waals surface area contributed by atoms with Crippen molar-refractivity contribution >= 4 is 11.4 Å². The third kappa shape index (κ3) is 16.2. The molecule has 0 N–H and O–H groups in total. The molecule has 0 amide bonds. The molecule has 0 unspecified atom stereocenters. The van der Waals surface area contributed by atoms with Crippen molar-refractivity contribution < 1.29 is 25.1 Å². The zero-order chi connectivity index (χ0) is 40.3. The molecule has 1 aliphatic heterocycles. The molecule has 1 aliphatic rings. The average molecular weight is 846 g/mol. The molecule has 3 heteroatoms. The normalized spacial score (nSPS) is 12.4. The molecule has 0 atom stereocenters. The maximum atomic E-state index is 12.7. The maximum Gasteiger partial charge on any atom is 2.00 e. The van der Waals surface area contributed by atoms with Crippen LogP contribution in [-0.2, 0) is 58.9 Å². The molecule has 0 aliphatic carbocycles. The zero-order valence-corrected chi connectivity index (χ0v) is 39.5. The third-order valence-electron chi connectivity index (χ3n) is 11.0. The summed E-state index contributed by atoms with van der Waals surface area (Å²) in [6.07, 6.45) is 28.3. The van der Waals surface area contributed by atoms with Gasteiger partial charge < -0.3 is 19.4 Å². The summed E-state index contributed by atoms with van der Waals surface area (Å²) in [6.45, 7) is 28.5. The fraction of sp³-hybridized carbons (Fsp3) is 0.654. The second kappa shape index (κ2) is 32.2. The molecule has 0 radical (unpaired) electrons. The quantitative estimate of drug-likeness (QED) is 0.0390. The van der Waals surface area contributed by atoms with Gasteiger partial charge in [0.25, 0.3) is 0 Å². The molecule has 3 rings (SSSR count). The van der Waals surface area contributed by atoms with E-state index in [0.29, 0.717) is 0 Å². The molecule has 2 aromatic rings. The van der Waals surface area contributed by atoms with Crippen LogP contribution in [-0.4, -0.2) is 4.70 Å². The molecule has 0 aromatic heterocycles. The monoisotopic (exact) mass is 845 g/mol. The van der Waals surface area contributed by atoms with Gasteiger partial charge in [-0.05, 0) is 141 Å². The van der Waals surface area contributed by atoms with E-state index in [-0.39, 0.29) is 20.4 Å². The Hall–Kier alpha value is -1.82. The Kier molecular flexibility index (Phi) is 31.1. The Balaban J connectivity index is 0.00000564. The average Bonchev–Trinajstić information content (AvgIpc) is 3.47. The number of hydrogen-bond donors (Lipinski definition) is 0. The molecule has 1 heterocycles. The van der Waals surface area contributed by atoms with E-state index in [9.17, 15) is 5.53 Å². The molecule has 55 heavy (non-hydrogen) atoms. The van der Waals surface area contributed by atoms with Crippen molar-refractivity contribution in [2.24, 2.45) is 0 Å². The summed E-state index contributed by atoms with van der Waals surface area (Å²) in [5.41, 5.74) is 29.4. The van der Waals surface area contributed by atoms with Crippen LogP contribution in [0.3, 0.4) is 0 Å². The summed E-state index contributed by atoms with van der Waals surface area (Å²) < 4.78 is 1.69. The number of unbranched alkanes of at least 4 members (excludes halogenated alkanes) is 8. The van der Waals surface area contributed by atoms with Crippen LogP contribution in [0.2, 0.25) is 0 Å². The van der Waals surface area contributed by atoms with Gasteiger partial charge in [-0.15, -0.1) is 0 Å². The van der Waals surface area contributed by atoms with Crippen molar-refractivity contribution in [3.05, 3.63) is 99.3 Å². The molecule has 0 bridgehead atoms. The number of hydrogen-bond acceptors (Lipinski definition) is 0. The van der Waals surface area contributed by atoms with E-state index in [1.54, 1.807) is 40.8 Å². The van der Waals surface area contributed by atoms with Gasteiger partial charge in [-0.3, -0.25) is 0 Å². The predicted octanol–water partition coefficient (Wildman–Crippen LogP) is 17.0. The van der Waals surface area contributed by atoms with E-state index in [4.69, 9.17) is 0 Å². The molecule has 2 aromatic carbocycles. The summed E-state index contributed by atoms with van der Waals surface area (Å²) in [5, 5.41) is 0. The first-order valence-corrected chi connectivity index (χ1v) is 23.1. The summed E-state index contributed by atoms with van der Waals surface area (Å²) in [7, 11) is 0. The molecular formula is C52H86N2Pd. The van der Waals surface area contributed by atoms with E-state index in [1.165, 1.54) is 104 Å². The van der Waals surface area contributed by atoms with Crippen molar-refractivity contribution in [3.63, 3.8) is 0 Å². The topological polar surface area (TPSA) is 25.3 Å². The van der Waals surface area contributed by atoms with Crippen LogP contribution in [0, 0.1) is 13.8 Å². The van der Waals surface area contributed by atoms with E-state index >= 15 is 0 Å². The minimum Gasteiger partial charge on any atom is -0.493 e. The van der Waals surface area contributed by atoms with Crippen LogP contribution < -0.4 is 0 Å². The van der Waals surface area contributed by atoms with Gasteiger partial charge in [0.1, 0.15) is 0 Å². The van der Waals surface area contributed by atoms with Crippen LogP contribution in [0.25, 0.3) is 16.9 Å². The predicted molar refractivity (Wildman–Crippen MR) is 243 cm³/mol. The summed E-state index contributed by atoms with van der Waals surface area (Å²) >= 11 is 0. The van der Waals surface area contributed by atoms with Crippen molar-refractivity contribution in [3.8, 4) is 0 Å². The van der Waals surface area contributed by atoms with Crippen LogP contribution in [0.15, 0.2) is 35.4 Å². The number of allylic oxidation sites excluding steroid dienone is 2. The standard InChI is InChI=1S/C48H76N2.2C2H5.Pd/c1-9-17-22-28-39-35-42(36-40(29-23-18-10-2)44(39)32-24-19-11-3)48-46(31-21-13-5)45(30-20-12-4)47(50(48)49)41-33-37(25-14-6)43(27-16-8)38(34-41)26-15-7;2*1-2;/h33-36H,9-32H2,1-8H3;2*1H2,2H3;/q;2*-1;+2. The van der Waals surface area contributed by atoms with E-state index in [2.05, 4.69) is 93.5 Å². The van der Waals surface area contributed by atoms with Crippen LogP contribution in [0.5, 0.6) is 0 Å². The zero-order valence-electron chi connectivity index (χ0n) is 37.9. The molecule has 2 nitrogen and oxygen atoms in total. The van der Waals surface area contributed by atoms with Crippen molar-refractivity contribution in [2.75, 3.05) is 0 Å². The number of benzene rings is 2. The fourth-order valence-corrected chi connectivity index (χ4v) is 8.37. The molecule has 0 saturated heterocycles. The first-order valence-electron chi connectivity index (χ1n) is 23.1. The number of nitrogens with zero attached hydrogens (tertiary/aromatic N) is 2. The van der Waals surface area contributed by atoms with Gasteiger partial charge in [0.15, 0.2) is 0 Å². The Labute approximate surface area is 357 Å². The van der Waals surface area contributed by atoms with Crippen molar-refractivity contribution in [1.82, 2.24) is 0 Å². The van der Waals surface area contributed by atoms with Crippen LogP contribution >= 0.6 is 0 Å². The second-order valence-corrected chi connectivity index (χ2v) is 15.3. The summed E-state index contributed by atoms with van der Waals surface area (Å²) in [4.78, 5) is 0. The molecule has 314 valence electrons. The first kappa shape index (κ1) is 53.2. The number of aryl methyl sites for hydroxylation is 4. The van der Waals surface area contributed by atoms with Gasteiger partial charge >= 0.3 is 20.4 Å². The van der Waals surface area contributed by atoms with E-state index < -0.39 is 0 Å². The Morgan fingerprint density at radius 2 is 0.691 bits per heavy atom. The van der Waals surface area contributed by atoms with Crippen LogP contribution in [0.1, 0.15) is 229 Å². The maximum absolute atomic E-state index is 12.7. The Morgan fingerprint density at radius 1 is 0.382 bits per heavy atom. The molecule has 0 fully saturated rings. The largest absolute Gasteiger partial charge is 2.00 e. The summed E-state index contributed by atoms with van der Waals surface area (Å²) in [6, 6.07) is 10.0. The van der Waals surface area contributed by atoms with Crippen LogP contribution in [0.4, 0.5) is 0 Å². The van der Waals surface area contributed by atoms with Crippen molar-refractivity contribution in [1.29, 1.82) is 0 Å². The minimum atomic E-state index is 0. The van der Waals surface area contributed by atoms with E-state index in [0.717, 1.165) is 94.9 Å². The first-order chi connectivity index (χ1) is 26.4. The van der Waals surface area contributed by atoms with Gasteiger partial charge in [-0.1, -0.05) is 126 Å².